The van der Waals surface area contributed by atoms with E-state index in [0.29, 0.717) is 5.82 Å². The molecular formula is C16H17N3S. The summed E-state index contributed by atoms with van der Waals surface area (Å²) in [5.41, 5.74) is 10.6. The molecule has 0 unspecified atom stereocenters. The summed E-state index contributed by atoms with van der Waals surface area (Å²) in [7, 11) is 1.89. The fraction of sp³-hybridized carbons (Fsp3) is 0.188. The number of anilines is 1. The minimum atomic E-state index is 0.704. The molecule has 0 spiro atoms. The molecule has 0 amide bonds. The van der Waals surface area contributed by atoms with Gasteiger partial charge in [0.05, 0.1) is 10.4 Å². The van der Waals surface area contributed by atoms with Crippen LogP contribution in [0.5, 0.6) is 0 Å². The van der Waals surface area contributed by atoms with Crippen molar-refractivity contribution in [2.24, 2.45) is 7.05 Å². The summed E-state index contributed by atoms with van der Waals surface area (Å²) >= 11 is 1.77. The van der Waals surface area contributed by atoms with Gasteiger partial charge in [-0.05, 0) is 31.0 Å². The second-order valence-corrected chi connectivity index (χ2v) is 6.20. The van der Waals surface area contributed by atoms with Gasteiger partial charge in [-0.2, -0.15) is 5.10 Å². The van der Waals surface area contributed by atoms with Gasteiger partial charge in [0.25, 0.3) is 0 Å². The average molecular weight is 283 g/mol. The van der Waals surface area contributed by atoms with E-state index in [4.69, 9.17) is 5.73 Å². The van der Waals surface area contributed by atoms with Crippen LogP contribution in [0.2, 0.25) is 0 Å². The van der Waals surface area contributed by atoms with E-state index in [2.05, 4.69) is 37.1 Å². The number of rotatable bonds is 2. The number of nitrogens with zero attached hydrogens (tertiary/aromatic N) is 2. The van der Waals surface area contributed by atoms with Gasteiger partial charge in [-0.3, -0.25) is 4.68 Å². The third-order valence-corrected chi connectivity index (χ3v) is 4.71. The maximum absolute atomic E-state index is 6.22. The Kier molecular flexibility index (Phi) is 3.10. The summed E-state index contributed by atoms with van der Waals surface area (Å²) in [5, 5.41) is 4.61. The number of nitrogen functional groups attached to an aromatic ring is 1. The first-order chi connectivity index (χ1) is 9.58. The van der Waals surface area contributed by atoms with Crippen LogP contribution in [-0.2, 0) is 7.05 Å². The molecule has 0 atom stereocenters. The number of aromatic nitrogens is 2. The van der Waals surface area contributed by atoms with E-state index in [9.17, 15) is 0 Å². The standard InChI is InChI=1S/C16H17N3S/c1-10-9-13(20-11(10)2)15-14(16(17)19(3)18-15)12-7-5-4-6-8-12/h4-9H,17H2,1-3H3. The van der Waals surface area contributed by atoms with E-state index in [1.807, 2.05) is 25.2 Å². The van der Waals surface area contributed by atoms with E-state index >= 15 is 0 Å². The van der Waals surface area contributed by atoms with Gasteiger partial charge >= 0.3 is 0 Å². The summed E-state index contributed by atoms with van der Waals surface area (Å²) in [4.78, 5) is 2.49. The molecule has 0 fully saturated rings. The second-order valence-electron chi connectivity index (χ2n) is 4.95. The molecule has 3 aromatic rings. The molecule has 0 bridgehead atoms. The van der Waals surface area contributed by atoms with E-state index < -0.39 is 0 Å². The highest BCUT2D eigenvalue weighted by molar-refractivity contribution is 7.15. The molecule has 102 valence electrons. The first-order valence-electron chi connectivity index (χ1n) is 6.53. The Labute approximate surface area is 122 Å². The number of thiophene rings is 1. The third-order valence-electron chi connectivity index (χ3n) is 3.55. The van der Waals surface area contributed by atoms with Gasteiger partial charge in [0.15, 0.2) is 0 Å². The maximum Gasteiger partial charge on any atom is 0.129 e. The SMILES string of the molecule is Cc1cc(-c2nn(C)c(N)c2-c2ccccc2)sc1C. The number of aryl methyl sites for hydroxylation is 3. The lowest BCUT2D eigenvalue weighted by Crippen LogP contribution is -1.97. The summed E-state index contributed by atoms with van der Waals surface area (Å²) < 4.78 is 1.75. The van der Waals surface area contributed by atoms with Crippen LogP contribution in [0.25, 0.3) is 21.7 Å². The maximum atomic E-state index is 6.22. The van der Waals surface area contributed by atoms with Crippen LogP contribution in [0.3, 0.4) is 0 Å². The monoisotopic (exact) mass is 283 g/mol. The molecule has 1 aromatic carbocycles. The minimum absolute atomic E-state index is 0.704. The highest BCUT2D eigenvalue weighted by Crippen LogP contribution is 2.39. The molecule has 2 N–H and O–H groups in total. The summed E-state index contributed by atoms with van der Waals surface area (Å²) in [6.07, 6.45) is 0. The first-order valence-corrected chi connectivity index (χ1v) is 7.35. The van der Waals surface area contributed by atoms with Crippen molar-refractivity contribution in [2.75, 3.05) is 5.73 Å². The Morgan fingerprint density at radius 3 is 2.45 bits per heavy atom. The number of hydrogen-bond acceptors (Lipinski definition) is 3. The van der Waals surface area contributed by atoms with Crippen LogP contribution in [0.15, 0.2) is 36.4 Å². The van der Waals surface area contributed by atoms with Gasteiger partial charge in [0, 0.05) is 11.9 Å². The van der Waals surface area contributed by atoms with E-state index in [1.54, 1.807) is 16.0 Å². The fourth-order valence-corrected chi connectivity index (χ4v) is 3.31. The Morgan fingerprint density at radius 1 is 1.15 bits per heavy atom. The van der Waals surface area contributed by atoms with Crippen molar-refractivity contribution in [2.45, 2.75) is 13.8 Å². The fourth-order valence-electron chi connectivity index (χ4n) is 2.29. The molecule has 0 saturated heterocycles. The number of nitrogens with two attached hydrogens (primary N) is 1. The highest BCUT2D eigenvalue weighted by atomic mass is 32.1. The molecule has 2 aromatic heterocycles. The summed E-state index contributed by atoms with van der Waals surface area (Å²) in [6.45, 7) is 4.27. The van der Waals surface area contributed by atoms with Crippen LogP contribution in [0, 0.1) is 13.8 Å². The zero-order valence-electron chi connectivity index (χ0n) is 11.8. The Hall–Kier alpha value is -2.07. The largest absolute Gasteiger partial charge is 0.383 e. The van der Waals surface area contributed by atoms with Gasteiger partial charge in [-0.15, -0.1) is 11.3 Å². The average Bonchev–Trinajstić information content (AvgIpc) is 2.93. The van der Waals surface area contributed by atoms with Crippen molar-refractivity contribution in [3.63, 3.8) is 0 Å². The molecule has 0 radical (unpaired) electrons. The minimum Gasteiger partial charge on any atom is -0.383 e. The molecule has 3 nitrogen and oxygen atoms in total. The molecule has 0 saturated carbocycles. The normalized spacial score (nSPS) is 10.9. The lowest BCUT2D eigenvalue weighted by Gasteiger charge is -2.02. The second kappa shape index (κ2) is 4.80. The molecule has 4 heteroatoms. The van der Waals surface area contributed by atoms with Crippen LogP contribution in [0.1, 0.15) is 10.4 Å². The van der Waals surface area contributed by atoms with Gasteiger partial charge in [-0.1, -0.05) is 30.3 Å². The van der Waals surface area contributed by atoms with Gasteiger partial charge in [-0.25, -0.2) is 0 Å². The molecule has 0 aliphatic heterocycles. The first kappa shape index (κ1) is 12.9. The molecular weight excluding hydrogens is 266 g/mol. The van der Waals surface area contributed by atoms with Gasteiger partial charge in [0.2, 0.25) is 0 Å². The lowest BCUT2D eigenvalue weighted by atomic mass is 10.0. The number of benzene rings is 1. The molecule has 2 heterocycles. The van der Waals surface area contributed by atoms with Crippen molar-refractivity contribution in [1.29, 1.82) is 0 Å². The Bertz CT molecular complexity index is 734. The van der Waals surface area contributed by atoms with Gasteiger partial charge < -0.3 is 5.73 Å². The predicted molar refractivity (Wildman–Crippen MR) is 85.8 cm³/mol. The van der Waals surface area contributed by atoms with Crippen LogP contribution < -0.4 is 5.73 Å². The van der Waals surface area contributed by atoms with Crippen molar-refractivity contribution in [3.05, 3.63) is 46.8 Å². The lowest BCUT2D eigenvalue weighted by molar-refractivity contribution is 0.783. The Balaban J connectivity index is 2.24. The van der Waals surface area contributed by atoms with Crippen LogP contribution in [0.4, 0.5) is 5.82 Å². The molecule has 3 rings (SSSR count). The van der Waals surface area contributed by atoms with E-state index in [-0.39, 0.29) is 0 Å². The van der Waals surface area contributed by atoms with Crippen molar-refractivity contribution >= 4 is 17.2 Å². The van der Waals surface area contributed by atoms with Crippen molar-refractivity contribution in [1.82, 2.24) is 9.78 Å². The number of hydrogen-bond donors (Lipinski definition) is 1. The Morgan fingerprint density at radius 2 is 1.85 bits per heavy atom. The van der Waals surface area contributed by atoms with Crippen LogP contribution in [-0.4, -0.2) is 9.78 Å². The topological polar surface area (TPSA) is 43.8 Å². The van der Waals surface area contributed by atoms with E-state index in [0.717, 1.165) is 16.8 Å². The predicted octanol–water partition coefficient (Wildman–Crippen LogP) is 4.01. The van der Waals surface area contributed by atoms with Gasteiger partial charge in [0.1, 0.15) is 11.5 Å². The smallest absolute Gasteiger partial charge is 0.129 e. The zero-order chi connectivity index (χ0) is 14.3. The third kappa shape index (κ3) is 2.02. The molecule has 20 heavy (non-hydrogen) atoms. The van der Waals surface area contributed by atoms with Crippen molar-refractivity contribution in [3.8, 4) is 21.7 Å². The summed E-state index contributed by atoms with van der Waals surface area (Å²) in [5.74, 6) is 0.704. The highest BCUT2D eigenvalue weighted by Gasteiger charge is 2.18. The summed E-state index contributed by atoms with van der Waals surface area (Å²) in [6, 6.07) is 12.4. The van der Waals surface area contributed by atoms with Crippen molar-refractivity contribution < 1.29 is 0 Å². The quantitative estimate of drug-likeness (QED) is 0.772. The molecule has 0 aliphatic rings. The zero-order valence-corrected chi connectivity index (χ0v) is 12.7. The van der Waals surface area contributed by atoms with Crippen LogP contribution >= 0.6 is 11.3 Å². The molecule has 0 aliphatic carbocycles. The van der Waals surface area contributed by atoms with E-state index in [1.165, 1.54) is 15.3 Å².